The highest BCUT2D eigenvalue weighted by molar-refractivity contribution is 4.80. The predicted octanol–water partition coefficient (Wildman–Crippen LogP) is 1.60. The van der Waals surface area contributed by atoms with Gasteiger partial charge in [-0.1, -0.05) is 18.0 Å². The minimum Gasteiger partial charge on any atom is -0.393 e. The molecule has 1 aliphatic carbocycles. The maximum absolute atomic E-state index is 9.24. The first-order valence-corrected chi connectivity index (χ1v) is 3.57. The van der Waals surface area contributed by atoms with E-state index in [2.05, 4.69) is 10.0 Å². The van der Waals surface area contributed by atoms with Crippen molar-refractivity contribution in [1.29, 1.82) is 0 Å². The van der Waals surface area contributed by atoms with Crippen LogP contribution in [0, 0.1) is 0 Å². The highest BCUT2D eigenvalue weighted by Gasteiger charge is 2.20. The monoisotopic (exact) mass is 141 g/mol. The molecular weight excluding hydrogens is 130 g/mol. The van der Waals surface area contributed by atoms with Crippen LogP contribution in [0.25, 0.3) is 10.4 Å². The molecule has 1 rings (SSSR count). The first-order chi connectivity index (χ1) is 4.84. The summed E-state index contributed by atoms with van der Waals surface area (Å²) in [6.07, 6.45) is 3.35. The molecule has 0 heterocycles. The number of azide groups is 1. The Morgan fingerprint density at radius 1 is 1.40 bits per heavy atom. The Balaban J connectivity index is 2.47. The third kappa shape index (κ3) is 1.62. The minimum atomic E-state index is -0.398. The third-order valence-electron chi connectivity index (χ3n) is 1.89. The van der Waals surface area contributed by atoms with Gasteiger partial charge < -0.3 is 5.11 Å². The maximum Gasteiger partial charge on any atom is 0.0633 e. The fourth-order valence-electron chi connectivity index (χ4n) is 1.29. The SMILES string of the molecule is [N-]=[N+]=N[C@@H]1CCCC[C@H]1O. The summed E-state index contributed by atoms with van der Waals surface area (Å²) in [5, 5.41) is 12.7. The summed E-state index contributed by atoms with van der Waals surface area (Å²) in [6.45, 7) is 0. The van der Waals surface area contributed by atoms with Crippen molar-refractivity contribution < 1.29 is 5.11 Å². The molecule has 0 unspecified atom stereocenters. The zero-order valence-electron chi connectivity index (χ0n) is 5.77. The van der Waals surface area contributed by atoms with Crippen LogP contribution in [-0.2, 0) is 0 Å². The van der Waals surface area contributed by atoms with Gasteiger partial charge in [0.15, 0.2) is 0 Å². The lowest BCUT2D eigenvalue weighted by atomic mass is 9.93. The fraction of sp³-hybridized carbons (Fsp3) is 1.00. The van der Waals surface area contributed by atoms with Crippen molar-refractivity contribution in [3.63, 3.8) is 0 Å². The summed E-state index contributed by atoms with van der Waals surface area (Å²) in [7, 11) is 0. The van der Waals surface area contributed by atoms with E-state index in [4.69, 9.17) is 5.53 Å². The molecule has 4 heteroatoms. The Morgan fingerprint density at radius 2 is 2.10 bits per heavy atom. The minimum absolute atomic E-state index is 0.168. The summed E-state index contributed by atoms with van der Waals surface area (Å²) < 4.78 is 0. The topological polar surface area (TPSA) is 69.0 Å². The number of hydrogen-bond acceptors (Lipinski definition) is 2. The first-order valence-electron chi connectivity index (χ1n) is 3.57. The second-order valence-corrected chi connectivity index (χ2v) is 2.62. The maximum atomic E-state index is 9.24. The molecule has 2 atom stereocenters. The summed E-state index contributed by atoms with van der Waals surface area (Å²) in [5.41, 5.74) is 8.08. The van der Waals surface area contributed by atoms with Crippen LogP contribution < -0.4 is 0 Å². The highest BCUT2D eigenvalue weighted by Crippen LogP contribution is 2.20. The summed E-state index contributed by atoms with van der Waals surface area (Å²) in [6, 6.07) is -0.168. The van der Waals surface area contributed by atoms with E-state index < -0.39 is 6.10 Å². The average molecular weight is 141 g/mol. The van der Waals surface area contributed by atoms with E-state index in [1.54, 1.807) is 0 Å². The van der Waals surface area contributed by atoms with Crippen molar-refractivity contribution in [2.75, 3.05) is 0 Å². The van der Waals surface area contributed by atoms with Gasteiger partial charge in [0.25, 0.3) is 0 Å². The largest absolute Gasteiger partial charge is 0.393 e. The van der Waals surface area contributed by atoms with Gasteiger partial charge in [0.05, 0.1) is 12.1 Å². The molecular formula is C6H11N3O. The molecule has 10 heavy (non-hydrogen) atoms. The number of hydrogen-bond donors (Lipinski definition) is 1. The molecule has 0 aromatic rings. The van der Waals surface area contributed by atoms with E-state index in [0.29, 0.717) is 0 Å². The van der Waals surface area contributed by atoms with Gasteiger partial charge in [-0.3, -0.25) is 0 Å². The lowest BCUT2D eigenvalue weighted by Gasteiger charge is -2.22. The Bertz CT molecular complexity index is 153. The van der Waals surface area contributed by atoms with Crippen LogP contribution in [0.2, 0.25) is 0 Å². The van der Waals surface area contributed by atoms with Gasteiger partial charge in [-0.05, 0) is 18.4 Å². The van der Waals surface area contributed by atoms with Crippen LogP contribution in [0.4, 0.5) is 0 Å². The van der Waals surface area contributed by atoms with E-state index in [9.17, 15) is 5.11 Å². The van der Waals surface area contributed by atoms with Crippen LogP contribution in [0.1, 0.15) is 25.7 Å². The van der Waals surface area contributed by atoms with E-state index in [-0.39, 0.29) is 6.04 Å². The fourth-order valence-corrected chi connectivity index (χ4v) is 1.29. The Labute approximate surface area is 59.5 Å². The quantitative estimate of drug-likeness (QED) is 0.336. The van der Waals surface area contributed by atoms with Crippen LogP contribution >= 0.6 is 0 Å². The molecule has 0 saturated heterocycles. The molecule has 0 spiro atoms. The number of rotatable bonds is 1. The molecule has 0 bridgehead atoms. The summed E-state index contributed by atoms with van der Waals surface area (Å²) in [4.78, 5) is 2.67. The molecule has 1 aliphatic rings. The van der Waals surface area contributed by atoms with Crippen LogP contribution in [0.15, 0.2) is 5.11 Å². The van der Waals surface area contributed by atoms with E-state index in [1.807, 2.05) is 0 Å². The molecule has 0 aromatic heterocycles. The van der Waals surface area contributed by atoms with Crippen LogP contribution in [-0.4, -0.2) is 17.3 Å². The molecule has 0 amide bonds. The van der Waals surface area contributed by atoms with Crippen molar-refractivity contribution in [1.82, 2.24) is 0 Å². The van der Waals surface area contributed by atoms with Gasteiger partial charge in [-0.2, -0.15) is 0 Å². The summed E-state index contributed by atoms with van der Waals surface area (Å²) >= 11 is 0. The van der Waals surface area contributed by atoms with E-state index in [1.165, 1.54) is 0 Å². The standard InChI is InChI=1S/C6H11N3O/c7-9-8-5-3-1-2-4-6(5)10/h5-6,10H,1-4H2/t5-,6-/m1/s1. The predicted molar refractivity (Wildman–Crippen MR) is 37.4 cm³/mol. The molecule has 0 radical (unpaired) electrons. The lowest BCUT2D eigenvalue weighted by Crippen LogP contribution is -2.27. The van der Waals surface area contributed by atoms with E-state index in [0.717, 1.165) is 25.7 Å². The molecule has 1 N–H and O–H groups in total. The van der Waals surface area contributed by atoms with Crippen LogP contribution in [0.3, 0.4) is 0 Å². The smallest absolute Gasteiger partial charge is 0.0633 e. The van der Waals surface area contributed by atoms with Crippen molar-refractivity contribution in [3.8, 4) is 0 Å². The Hall–Kier alpha value is -0.730. The lowest BCUT2D eigenvalue weighted by molar-refractivity contribution is 0.108. The average Bonchev–Trinajstić information content (AvgIpc) is 1.94. The van der Waals surface area contributed by atoms with Crippen molar-refractivity contribution in [3.05, 3.63) is 10.4 Å². The Morgan fingerprint density at radius 3 is 2.70 bits per heavy atom. The highest BCUT2D eigenvalue weighted by atomic mass is 16.3. The van der Waals surface area contributed by atoms with Crippen molar-refractivity contribution >= 4 is 0 Å². The summed E-state index contributed by atoms with van der Waals surface area (Å²) in [5.74, 6) is 0. The number of aliphatic hydroxyl groups excluding tert-OH is 1. The zero-order chi connectivity index (χ0) is 7.40. The van der Waals surface area contributed by atoms with Gasteiger partial charge in [0, 0.05) is 4.91 Å². The normalized spacial score (nSPS) is 32.9. The molecule has 1 saturated carbocycles. The van der Waals surface area contributed by atoms with Crippen molar-refractivity contribution in [2.45, 2.75) is 37.8 Å². The molecule has 0 aromatic carbocycles. The molecule has 4 nitrogen and oxygen atoms in total. The van der Waals surface area contributed by atoms with Gasteiger partial charge in [-0.25, -0.2) is 0 Å². The molecule has 1 fully saturated rings. The molecule has 56 valence electrons. The second-order valence-electron chi connectivity index (χ2n) is 2.62. The van der Waals surface area contributed by atoms with Crippen molar-refractivity contribution in [2.24, 2.45) is 5.11 Å². The van der Waals surface area contributed by atoms with Gasteiger partial charge in [-0.15, -0.1) is 0 Å². The third-order valence-corrected chi connectivity index (χ3v) is 1.89. The second kappa shape index (κ2) is 3.44. The van der Waals surface area contributed by atoms with Gasteiger partial charge in [0.1, 0.15) is 0 Å². The molecule has 0 aliphatic heterocycles. The van der Waals surface area contributed by atoms with Gasteiger partial charge in [0.2, 0.25) is 0 Å². The Kier molecular flexibility index (Phi) is 2.54. The number of aliphatic hydroxyl groups is 1. The number of nitrogens with zero attached hydrogens (tertiary/aromatic N) is 3. The zero-order valence-corrected chi connectivity index (χ0v) is 5.77. The first kappa shape index (κ1) is 7.38. The van der Waals surface area contributed by atoms with Crippen LogP contribution in [0.5, 0.6) is 0 Å². The van der Waals surface area contributed by atoms with E-state index >= 15 is 0 Å². The van der Waals surface area contributed by atoms with Gasteiger partial charge >= 0.3 is 0 Å².